The number of rotatable bonds is 1. The van der Waals surface area contributed by atoms with Crippen LogP contribution in [0.2, 0.25) is 0 Å². The zero-order valence-electron chi connectivity index (χ0n) is 9.78. The highest BCUT2D eigenvalue weighted by Gasteiger charge is 2.09. The van der Waals surface area contributed by atoms with E-state index in [9.17, 15) is 0 Å². The molecule has 0 N–H and O–H groups in total. The van der Waals surface area contributed by atoms with Gasteiger partial charge in [-0.15, -0.1) is 0 Å². The van der Waals surface area contributed by atoms with Gasteiger partial charge in [-0.3, -0.25) is 0 Å². The summed E-state index contributed by atoms with van der Waals surface area (Å²) >= 11 is 0. The van der Waals surface area contributed by atoms with Gasteiger partial charge in [-0.05, 0) is 37.6 Å². The zero-order chi connectivity index (χ0) is 11.7. The number of aryl methyl sites for hydroxylation is 2. The molecule has 2 rings (SSSR count). The van der Waals surface area contributed by atoms with Gasteiger partial charge in [-0.2, -0.15) is 5.26 Å². The molecule has 2 heteroatoms. The normalized spacial score (nSPS) is 11.1. The van der Waals surface area contributed by atoms with Crippen LogP contribution in [0.1, 0.15) is 23.7 Å². The maximum absolute atomic E-state index is 8.89. The molecule has 0 atom stereocenters. The summed E-state index contributed by atoms with van der Waals surface area (Å²) in [5.74, 6) is 0. The van der Waals surface area contributed by atoms with E-state index in [-0.39, 0.29) is 0 Å². The molecule has 2 nitrogen and oxygen atoms in total. The van der Waals surface area contributed by atoms with Crippen molar-refractivity contribution >= 4 is 17.0 Å². The molecule has 80 valence electrons. The minimum atomic E-state index is 0.708. The molecule has 0 unspecified atom stereocenters. The van der Waals surface area contributed by atoms with Crippen molar-refractivity contribution in [3.63, 3.8) is 0 Å². The van der Waals surface area contributed by atoms with Crippen molar-refractivity contribution < 1.29 is 0 Å². The lowest BCUT2D eigenvalue weighted by Crippen LogP contribution is -1.91. The second kappa shape index (κ2) is 3.86. The molecule has 2 aromatic rings. The fourth-order valence-corrected chi connectivity index (χ4v) is 2.11. The van der Waals surface area contributed by atoms with Crippen molar-refractivity contribution in [3.05, 3.63) is 41.1 Å². The minimum Gasteiger partial charge on any atom is -0.344 e. The van der Waals surface area contributed by atoms with Gasteiger partial charge in [0, 0.05) is 23.6 Å². The summed E-state index contributed by atoms with van der Waals surface area (Å²) in [4.78, 5) is 0. The minimum absolute atomic E-state index is 0.708. The van der Waals surface area contributed by atoms with E-state index in [1.807, 2.05) is 38.2 Å². The van der Waals surface area contributed by atoms with Crippen LogP contribution in [0.3, 0.4) is 0 Å². The highest BCUT2D eigenvalue weighted by molar-refractivity contribution is 5.88. The van der Waals surface area contributed by atoms with Crippen molar-refractivity contribution in [2.24, 2.45) is 7.05 Å². The molecule has 0 aliphatic rings. The molecule has 0 saturated carbocycles. The van der Waals surface area contributed by atoms with E-state index in [2.05, 4.69) is 23.6 Å². The number of nitrogens with zero attached hydrogens (tertiary/aromatic N) is 2. The molecule has 1 aromatic carbocycles. The Morgan fingerprint density at radius 2 is 2.12 bits per heavy atom. The second-order valence-electron chi connectivity index (χ2n) is 3.91. The predicted octanol–water partition coefficient (Wildman–Crippen LogP) is 3.39. The Balaban J connectivity index is 2.84. The molecule has 1 aromatic heterocycles. The molecular weight excluding hydrogens is 196 g/mol. The number of nitriles is 1. The fourth-order valence-electron chi connectivity index (χ4n) is 2.11. The molecule has 1 heterocycles. The number of benzene rings is 1. The van der Waals surface area contributed by atoms with Gasteiger partial charge >= 0.3 is 0 Å². The van der Waals surface area contributed by atoms with Crippen molar-refractivity contribution in [1.29, 1.82) is 5.26 Å². The number of aromatic nitrogens is 1. The van der Waals surface area contributed by atoms with Gasteiger partial charge in [-0.25, -0.2) is 0 Å². The summed E-state index contributed by atoms with van der Waals surface area (Å²) in [7, 11) is 2.03. The molecule has 0 saturated heterocycles. The number of fused-ring (bicyclic) bond motifs is 1. The lowest BCUT2D eigenvalue weighted by atomic mass is 10.1. The third-order valence-corrected chi connectivity index (χ3v) is 2.96. The lowest BCUT2D eigenvalue weighted by molar-refractivity contribution is 0.948. The average molecular weight is 210 g/mol. The lowest BCUT2D eigenvalue weighted by Gasteiger charge is -1.99. The third kappa shape index (κ3) is 1.42. The maximum atomic E-state index is 8.89. The molecule has 0 amide bonds. The van der Waals surface area contributed by atoms with E-state index in [1.54, 1.807) is 0 Å². The van der Waals surface area contributed by atoms with E-state index in [0.717, 1.165) is 5.52 Å². The molecule has 0 fully saturated rings. The predicted molar refractivity (Wildman–Crippen MR) is 67.1 cm³/mol. The van der Waals surface area contributed by atoms with Crippen molar-refractivity contribution in [2.45, 2.75) is 13.8 Å². The van der Waals surface area contributed by atoms with Gasteiger partial charge < -0.3 is 4.57 Å². The average Bonchev–Trinajstić information content (AvgIpc) is 2.54. The Morgan fingerprint density at radius 3 is 2.75 bits per heavy atom. The van der Waals surface area contributed by atoms with Crippen LogP contribution in [-0.2, 0) is 7.05 Å². The Bertz CT molecular complexity index is 610. The SMILES string of the molecule is C/C=C\c1c(C)c2ccc(C#N)cc2n1C. The monoisotopic (exact) mass is 210 g/mol. The third-order valence-electron chi connectivity index (χ3n) is 2.96. The van der Waals surface area contributed by atoms with Crippen LogP contribution < -0.4 is 0 Å². The van der Waals surface area contributed by atoms with E-state index >= 15 is 0 Å². The number of allylic oxidation sites excluding steroid dienone is 1. The highest BCUT2D eigenvalue weighted by Crippen LogP contribution is 2.26. The van der Waals surface area contributed by atoms with Gasteiger partial charge in [0.1, 0.15) is 0 Å². The van der Waals surface area contributed by atoms with Crippen LogP contribution in [0, 0.1) is 18.3 Å². The Kier molecular flexibility index (Phi) is 2.54. The van der Waals surface area contributed by atoms with Gasteiger partial charge in [0.15, 0.2) is 0 Å². The number of hydrogen-bond donors (Lipinski definition) is 0. The Labute approximate surface area is 95.4 Å². The summed E-state index contributed by atoms with van der Waals surface area (Å²) in [5.41, 5.74) is 4.29. The van der Waals surface area contributed by atoms with Gasteiger partial charge in [0.25, 0.3) is 0 Å². The van der Waals surface area contributed by atoms with Crippen molar-refractivity contribution in [3.8, 4) is 6.07 Å². The Hall–Kier alpha value is -2.01. The van der Waals surface area contributed by atoms with Crippen molar-refractivity contribution in [1.82, 2.24) is 4.57 Å². The van der Waals surface area contributed by atoms with Crippen LogP contribution >= 0.6 is 0 Å². The van der Waals surface area contributed by atoms with E-state index < -0.39 is 0 Å². The van der Waals surface area contributed by atoms with Crippen LogP contribution in [0.15, 0.2) is 24.3 Å². The maximum Gasteiger partial charge on any atom is 0.0992 e. The smallest absolute Gasteiger partial charge is 0.0992 e. The highest BCUT2D eigenvalue weighted by atomic mass is 14.9. The van der Waals surface area contributed by atoms with Gasteiger partial charge in [-0.1, -0.05) is 12.1 Å². The molecule has 16 heavy (non-hydrogen) atoms. The van der Waals surface area contributed by atoms with E-state index in [4.69, 9.17) is 5.26 Å². The van der Waals surface area contributed by atoms with E-state index in [1.165, 1.54) is 16.6 Å². The first-order valence-corrected chi connectivity index (χ1v) is 5.31. The first-order chi connectivity index (χ1) is 7.69. The summed E-state index contributed by atoms with van der Waals surface area (Å²) in [6, 6.07) is 8.01. The standard InChI is InChI=1S/C14H14N2/c1-4-5-13-10(2)12-7-6-11(9-15)8-14(12)16(13)3/h4-8H,1-3H3/b5-4-. The van der Waals surface area contributed by atoms with Gasteiger partial charge in [0.05, 0.1) is 11.6 Å². The molecule has 0 aliphatic carbocycles. The fraction of sp³-hybridized carbons (Fsp3) is 0.214. The second-order valence-corrected chi connectivity index (χ2v) is 3.91. The van der Waals surface area contributed by atoms with Crippen LogP contribution in [0.5, 0.6) is 0 Å². The molecule has 0 radical (unpaired) electrons. The topological polar surface area (TPSA) is 28.7 Å². The molecule has 0 aliphatic heterocycles. The van der Waals surface area contributed by atoms with Crippen LogP contribution in [-0.4, -0.2) is 4.57 Å². The van der Waals surface area contributed by atoms with E-state index in [0.29, 0.717) is 5.56 Å². The van der Waals surface area contributed by atoms with Crippen LogP contribution in [0.25, 0.3) is 17.0 Å². The summed E-state index contributed by atoms with van der Waals surface area (Å²) < 4.78 is 2.13. The largest absolute Gasteiger partial charge is 0.344 e. The molecule has 0 spiro atoms. The zero-order valence-corrected chi connectivity index (χ0v) is 9.78. The molecular formula is C14H14N2. The summed E-state index contributed by atoms with van der Waals surface area (Å²) in [6.45, 7) is 4.13. The van der Waals surface area contributed by atoms with Crippen molar-refractivity contribution in [2.75, 3.05) is 0 Å². The summed E-state index contributed by atoms with van der Waals surface area (Å²) in [6.07, 6.45) is 4.13. The first-order valence-electron chi connectivity index (χ1n) is 5.31. The summed E-state index contributed by atoms with van der Waals surface area (Å²) in [5, 5.41) is 10.1. The Morgan fingerprint density at radius 1 is 1.38 bits per heavy atom. The number of hydrogen-bond acceptors (Lipinski definition) is 1. The van der Waals surface area contributed by atoms with Crippen LogP contribution in [0.4, 0.5) is 0 Å². The van der Waals surface area contributed by atoms with Gasteiger partial charge in [0.2, 0.25) is 0 Å². The quantitative estimate of drug-likeness (QED) is 0.709. The first kappa shape index (κ1) is 10.5. The molecule has 0 bridgehead atoms.